The number of nitrogens with one attached hydrogen (secondary N) is 1. The van der Waals surface area contributed by atoms with Gasteiger partial charge in [0.2, 0.25) is 0 Å². The van der Waals surface area contributed by atoms with Crippen LogP contribution in [-0.4, -0.2) is 13.5 Å². The van der Waals surface area contributed by atoms with E-state index in [9.17, 15) is 8.42 Å². The van der Waals surface area contributed by atoms with Gasteiger partial charge in [-0.25, -0.2) is 8.42 Å². The van der Waals surface area contributed by atoms with Crippen molar-refractivity contribution in [2.45, 2.75) is 24.8 Å². The van der Waals surface area contributed by atoms with Crippen molar-refractivity contribution in [3.63, 3.8) is 0 Å². The standard InChI is InChI=1S/C13H13Br2NO4S/c1-2-8-5-9(14)3-4-11(8)16-21(18,19)12-6-10(7-17)20-13(12)15/h3-6,16-17H,2,7H2,1H3. The van der Waals surface area contributed by atoms with Crippen molar-refractivity contribution < 1.29 is 17.9 Å². The molecule has 0 aliphatic rings. The number of aliphatic hydroxyl groups excluding tert-OH is 1. The molecule has 0 saturated heterocycles. The van der Waals surface area contributed by atoms with Gasteiger partial charge >= 0.3 is 0 Å². The van der Waals surface area contributed by atoms with E-state index in [1.165, 1.54) is 6.07 Å². The van der Waals surface area contributed by atoms with Crippen LogP contribution in [0, 0.1) is 0 Å². The highest BCUT2D eigenvalue weighted by Gasteiger charge is 2.23. The van der Waals surface area contributed by atoms with Crippen LogP contribution < -0.4 is 4.72 Å². The van der Waals surface area contributed by atoms with Crippen LogP contribution in [0.15, 0.2) is 42.7 Å². The van der Waals surface area contributed by atoms with Gasteiger partial charge in [0, 0.05) is 10.5 Å². The van der Waals surface area contributed by atoms with Crippen LogP contribution in [0.1, 0.15) is 18.2 Å². The summed E-state index contributed by atoms with van der Waals surface area (Å²) >= 11 is 6.41. The van der Waals surface area contributed by atoms with Gasteiger partial charge in [-0.3, -0.25) is 4.72 Å². The van der Waals surface area contributed by atoms with E-state index in [4.69, 9.17) is 9.52 Å². The molecule has 0 aliphatic carbocycles. The summed E-state index contributed by atoms with van der Waals surface area (Å²) in [5.41, 5.74) is 1.38. The quantitative estimate of drug-likeness (QED) is 0.746. The molecule has 1 aromatic carbocycles. The van der Waals surface area contributed by atoms with Crippen LogP contribution in [0.4, 0.5) is 5.69 Å². The molecule has 0 atom stereocenters. The van der Waals surface area contributed by atoms with E-state index in [1.807, 2.05) is 13.0 Å². The summed E-state index contributed by atoms with van der Waals surface area (Å²) in [5, 5.41) is 9.01. The van der Waals surface area contributed by atoms with Crippen LogP contribution in [-0.2, 0) is 23.1 Å². The second-order valence-electron chi connectivity index (χ2n) is 4.27. The molecule has 2 rings (SSSR count). The maximum atomic E-state index is 12.4. The van der Waals surface area contributed by atoms with Crippen molar-refractivity contribution in [2.24, 2.45) is 0 Å². The number of hydrogen-bond donors (Lipinski definition) is 2. The molecule has 0 spiro atoms. The second kappa shape index (κ2) is 6.51. The van der Waals surface area contributed by atoms with E-state index < -0.39 is 10.0 Å². The Hall–Kier alpha value is -0.830. The molecule has 2 N–H and O–H groups in total. The zero-order chi connectivity index (χ0) is 15.6. The highest BCUT2D eigenvalue weighted by atomic mass is 79.9. The molecule has 114 valence electrons. The van der Waals surface area contributed by atoms with Gasteiger partial charge < -0.3 is 9.52 Å². The molecule has 0 radical (unpaired) electrons. The second-order valence-corrected chi connectivity index (χ2v) is 7.56. The number of aliphatic hydroxyl groups is 1. The van der Waals surface area contributed by atoms with Gasteiger partial charge in [-0.2, -0.15) is 0 Å². The van der Waals surface area contributed by atoms with Crippen molar-refractivity contribution in [3.8, 4) is 0 Å². The summed E-state index contributed by atoms with van der Waals surface area (Å²) in [6.45, 7) is 1.57. The molecule has 0 fully saturated rings. The predicted molar refractivity (Wildman–Crippen MR) is 86.7 cm³/mol. The van der Waals surface area contributed by atoms with Gasteiger partial charge in [-0.05, 0) is 46.1 Å². The normalized spacial score (nSPS) is 11.6. The topological polar surface area (TPSA) is 79.5 Å². The maximum Gasteiger partial charge on any atom is 0.266 e. The predicted octanol–water partition coefficient (Wildman–Crippen LogP) is 3.66. The Morgan fingerprint density at radius 3 is 2.57 bits per heavy atom. The Morgan fingerprint density at radius 2 is 2.00 bits per heavy atom. The minimum atomic E-state index is -3.80. The largest absolute Gasteiger partial charge is 0.450 e. The van der Waals surface area contributed by atoms with Crippen LogP contribution in [0.5, 0.6) is 0 Å². The fraction of sp³-hybridized carbons (Fsp3) is 0.231. The first-order chi connectivity index (χ1) is 9.87. The molecule has 0 bridgehead atoms. The van der Waals surface area contributed by atoms with Gasteiger partial charge in [0.1, 0.15) is 17.3 Å². The first-order valence-electron chi connectivity index (χ1n) is 6.07. The average Bonchev–Trinajstić information content (AvgIpc) is 2.82. The summed E-state index contributed by atoms with van der Waals surface area (Å²) in [7, 11) is -3.80. The first-order valence-corrected chi connectivity index (χ1v) is 9.14. The highest BCUT2D eigenvalue weighted by molar-refractivity contribution is 9.10. The SMILES string of the molecule is CCc1cc(Br)ccc1NS(=O)(=O)c1cc(CO)oc1Br. The molecular formula is C13H13Br2NO4S. The number of hydrogen-bond acceptors (Lipinski definition) is 4. The summed E-state index contributed by atoms with van der Waals surface area (Å²) in [5.74, 6) is 0.175. The molecule has 8 heteroatoms. The van der Waals surface area contributed by atoms with Gasteiger partial charge in [0.25, 0.3) is 10.0 Å². The average molecular weight is 439 g/mol. The zero-order valence-electron chi connectivity index (χ0n) is 11.1. The monoisotopic (exact) mass is 437 g/mol. The lowest BCUT2D eigenvalue weighted by atomic mass is 10.1. The third-order valence-electron chi connectivity index (χ3n) is 2.84. The number of sulfonamides is 1. The molecule has 2 aromatic rings. The molecule has 1 heterocycles. The van der Waals surface area contributed by atoms with E-state index in [1.54, 1.807) is 12.1 Å². The van der Waals surface area contributed by atoms with Crippen molar-refractivity contribution >= 4 is 47.6 Å². The number of furan rings is 1. The number of aryl methyl sites for hydroxylation is 1. The first kappa shape index (κ1) is 16.5. The summed E-state index contributed by atoms with van der Waals surface area (Å²) < 4.78 is 33.4. The molecule has 1 aromatic heterocycles. The lowest BCUT2D eigenvalue weighted by molar-refractivity contribution is 0.245. The van der Waals surface area contributed by atoms with Crippen LogP contribution >= 0.6 is 31.9 Å². The van der Waals surface area contributed by atoms with Crippen molar-refractivity contribution in [1.29, 1.82) is 0 Å². The van der Waals surface area contributed by atoms with Gasteiger partial charge in [-0.1, -0.05) is 22.9 Å². The van der Waals surface area contributed by atoms with Gasteiger partial charge in [0.05, 0.1) is 5.69 Å². The molecular weight excluding hydrogens is 426 g/mol. The molecule has 0 amide bonds. The van der Waals surface area contributed by atoms with Gasteiger partial charge in [0.15, 0.2) is 4.67 Å². The summed E-state index contributed by atoms with van der Waals surface area (Å²) in [6.07, 6.45) is 0.686. The summed E-state index contributed by atoms with van der Waals surface area (Å²) in [4.78, 5) is -0.0449. The fourth-order valence-corrected chi connectivity index (χ4v) is 4.32. The van der Waals surface area contributed by atoms with E-state index in [2.05, 4.69) is 36.6 Å². The minimum Gasteiger partial charge on any atom is -0.450 e. The fourth-order valence-electron chi connectivity index (χ4n) is 1.81. The molecule has 0 aliphatic heterocycles. The van der Waals surface area contributed by atoms with Crippen molar-refractivity contribution in [2.75, 3.05) is 4.72 Å². The van der Waals surface area contributed by atoms with Crippen LogP contribution in [0.2, 0.25) is 0 Å². The third kappa shape index (κ3) is 3.68. The Morgan fingerprint density at radius 1 is 1.29 bits per heavy atom. The Kier molecular flexibility index (Phi) is 5.13. The Balaban J connectivity index is 2.39. The number of anilines is 1. The van der Waals surface area contributed by atoms with Gasteiger partial charge in [-0.15, -0.1) is 0 Å². The maximum absolute atomic E-state index is 12.4. The highest BCUT2D eigenvalue weighted by Crippen LogP contribution is 2.29. The molecule has 0 unspecified atom stereocenters. The molecule has 21 heavy (non-hydrogen) atoms. The van der Waals surface area contributed by atoms with E-state index in [-0.39, 0.29) is 21.9 Å². The molecule has 5 nitrogen and oxygen atoms in total. The Labute approximate surface area is 139 Å². The van der Waals surface area contributed by atoms with Crippen molar-refractivity contribution in [1.82, 2.24) is 0 Å². The molecule has 0 saturated carbocycles. The van der Waals surface area contributed by atoms with E-state index in [0.29, 0.717) is 12.1 Å². The van der Waals surface area contributed by atoms with Crippen molar-refractivity contribution in [3.05, 3.63) is 44.7 Å². The zero-order valence-corrected chi connectivity index (χ0v) is 15.0. The lowest BCUT2D eigenvalue weighted by Crippen LogP contribution is -2.14. The van der Waals surface area contributed by atoms with E-state index >= 15 is 0 Å². The third-order valence-corrected chi connectivity index (χ3v) is 5.56. The smallest absolute Gasteiger partial charge is 0.266 e. The lowest BCUT2D eigenvalue weighted by Gasteiger charge is -2.11. The van der Waals surface area contributed by atoms with Crippen LogP contribution in [0.25, 0.3) is 0 Å². The number of benzene rings is 1. The Bertz CT molecular complexity index is 756. The summed E-state index contributed by atoms with van der Waals surface area (Å²) in [6, 6.07) is 6.61. The minimum absolute atomic E-state index is 0.0449. The van der Waals surface area contributed by atoms with Crippen LogP contribution in [0.3, 0.4) is 0 Å². The number of rotatable bonds is 5. The van der Waals surface area contributed by atoms with E-state index in [0.717, 1.165) is 10.0 Å². The number of halogens is 2.